The second-order valence-corrected chi connectivity index (χ2v) is 10.8. The highest BCUT2D eigenvalue weighted by molar-refractivity contribution is 5.71. The standard InChI is InChI=1S/C28H41N3O2/c1-6-19(2)23-14-16-29-18-25-26(23)24(15-17-31(25)27(32)33-28(3,4)5)30-22-12-10-21(11-13-22)20-8-7-9-20/h10-13,20,25,29-30H,6-9,14-18H2,1-5H3. The van der Waals surface area contributed by atoms with Gasteiger partial charge in [-0.15, -0.1) is 0 Å². The molecule has 0 radical (unpaired) electrons. The molecule has 2 N–H and O–H groups in total. The van der Waals surface area contributed by atoms with Gasteiger partial charge in [0.25, 0.3) is 0 Å². The van der Waals surface area contributed by atoms with Crippen molar-refractivity contribution >= 4 is 11.8 Å². The van der Waals surface area contributed by atoms with Gasteiger partial charge >= 0.3 is 6.09 Å². The largest absolute Gasteiger partial charge is 0.444 e. The fourth-order valence-electron chi connectivity index (χ4n) is 5.14. The SMILES string of the molecule is CCC(C)=C1CCNCC2C1=C(Nc1ccc(C3CCC3)cc1)CCN2C(=O)OC(C)(C)C. The van der Waals surface area contributed by atoms with Crippen molar-refractivity contribution in [3.63, 3.8) is 0 Å². The van der Waals surface area contributed by atoms with Crippen LogP contribution in [0, 0.1) is 0 Å². The first-order valence-corrected chi connectivity index (χ1v) is 12.8. The highest BCUT2D eigenvalue weighted by Gasteiger charge is 2.38. The van der Waals surface area contributed by atoms with Gasteiger partial charge < -0.3 is 15.4 Å². The molecule has 180 valence electrons. The van der Waals surface area contributed by atoms with E-state index in [-0.39, 0.29) is 12.1 Å². The third kappa shape index (κ3) is 5.46. The van der Waals surface area contributed by atoms with Gasteiger partial charge in [0.2, 0.25) is 0 Å². The van der Waals surface area contributed by atoms with Gasteiger partial charge in [0.1, 0.15) is 5.60 Å². The Morgan fingerprint density at radius 3 is 2.52 bits per heavy atom. The summed E-state index contributed by atoms with van der Waals surface area (Å²) in [6.45, 7) is 12.6. The number of nitrogens with zero attached hydrogens (tertiary/aromatic N) is 1. The van der Waals surface area contributed by atoms with Crippen molar-refractivity contribution in [1.82, 2.24) is 10.2 Å². The van der Waals surface area contributed by atoms with E-state index in [1.54, 1.807) is 0 Å². The monoisotopic (exact) mass is 451 g/mol. The smallest absolute Gasteiger partial charge is 0.410 e. The molecule has 1 unspecified atom stereocenters. The van der Waals surface area contributed by atoms with Crippen molar-refractivity contribution in [2.24, 2.45) is 0 Å². The van der Waals surface area contributed by atoms with Crippen LogP contribution in [0.5, 0.6) is 0 Å². The number of ether oxygens (including phenoxy) is 1. The summed E-state index contributed by atoms with van der Waals surface area (Å²) in [4.78, 5) is 15.1. The molecule has 5 heteroatoms. The second kappa shape index (κ2) is 9.92. The molecular weight excluding hydrogens is 410 g/mol. The van der Waals surface area contributed by atoms with E-state index in [0.29, 0.717) is 6.54 Å². The lowest BCUT2D eigenvalue weighted by molar-refractivity contribution is 0.0183. The van der Waals surface area contributed by atoms with Crippen LogP contribution in [0.3, 0.4) is 0 Å². The van der Waals surface area contributed by atoms with Crippen molar-refractivity contribution in [1.29, 1.82) is 0 Å². The van der Waals surface area contributed by atoms with Crippen molar-refractivity contribution in [3.8, 4) is 0 Å². The lowest BCUT2D eigenvalue weighted by Gasteiger charge is -2.40. The van der Waals surface area contributed by atoms with Crippen molar-refractivity contribution in [2.75, 3.05) is 25.0 Å². The zero-order valence-electron chi connectivity index (χ0n) is 21.1. The molecule has 3 aliphatic rings. The second-order valence-electron chi connectivity index (χ2n) is 10.8. The molecular formula is C28H41N3O2. The molecule has 1 saturated heterocycles. The van der Waals surface area contributed by atoms with E-state index in [0.717, 1.165) is 44.0 Å². The van der Waals surface area contributed by atoms with Gasteiger partial charge in [0.05, 0.1) is 6.04 Å². The first kappa shape index (κ1) is 23.9. The predicted molar refractivity (Wildman–Crippen MR) is 136 cm³/mol. The molecule has 0 aromatic heterocycles. The van der Waals surface area contributed by atoms with Crippen molar-refractivity contribution in [3.05, 3.63) is 52.2 Å². The Kier molecular flexibility index (Phi) is 7.18. The summed E-state index contributed by atoms with van der Waals surface area (Å²) in [7, 11) is 0. The molecule has 1 aromatic carbocycles. The van der Waals surface area contributed by atoms with Crippen LogP contribution < -0.4 is 10.6 Å². The summed E-state index contributed by atoms with van der Waals surface area (Å²) in [5.41, 5.74) is 7.44. The van der Waals surface area contributed by atoms with Crippen LogP contribution in [-0.4, -0.2) is 42.3 Å². The fraction of sp³-hybridized carbons (Fsp3) is 0.607. The molecule has 0 bridgehead atoms. The van der Waals surface area contributed by atoms with E-state index in [9.17, 15) is 4.79 Å². The summed E-state index contributed by atoms with van der Waals surface area (Å²) >= 11 is 0. The first-order valence-electron chi connectivity index (χ1n) is 12.8. The van der Waals surface area contributed by atoms with Crippen LogP contribution >= 0.6 is 0 Å². The zero-order chi connectivity index (χ0) is 23.6. The van der Waals surface area contributed by atoms with Crippen LogP contribution in [0.25, 0.3) is 0 Å². The highest BCUT2D eigenvalue weighted by atomic mass is 16.6. The van der Waals surface area contributed by atoms with Gasteiger partial charge in [-0.2, -0.15) is 0 Å². The minimum Gasteiger partial charge on any atom is -0.444 e. The van der Waals surface area contributed by atoms with E-state index in [1.165, 1.54) is 47.2 Å². The number of carbonyl (C=O) groups is 1. The Morgan fingerprint density at radius 2 is 1.91 bits per heavy atom. The third-order valence-corrected chi connectivity index (χ3v) is 7.31. The lowest BCUT2D eigenvalue weighted by Crippen LogP contribution is -2.51. The molecule has 0 spiro atoms. The molecule has 1 aliphatic carbocycles. The average Bonchev–Trinajstić information content (AvgIpc) is 2.95. The number of nitrogens with one attached hydrogen (secondary N) is 2. The summed E-state index contributed by atoms with van der Waals surface area (Å²) < 4.78 is 5.79. The number of benzene rings is 1. The number of amides is 1. The Labute approximate surface area is 199 Å². The number of carbonyl (C=O) groups excluding carboxylic acids is 1. The number of hydrogen-bond acceptors (Lipinski definition) is 4. The van der Waals surface area contributed by atoms with Gasteiger partial charge in [0, 0.05) is 30.9 Å². The molecule has 2 aliphatic heterocycles. The molecule has 4 rings (SSSR count). The van der Waals surface area contributed by atoms with Gasteiger partial charge in [-0.05, 0) is 94.7 Å². The number of rotatable bonds is 4. The minimum absolute atomic E-state index is 0.0238. The molecule has 1 aromatic rings. The average molecular weight is 452 g/mol. The lowest BCUT2D eigenvalue weighted by atomic mass is 9.80. The quantitative estimate of drug-likeness (QED) is 0.560. The zero-order valence-corrected chi connectivity index (χ0v) is 21.1. The summed E-state index contributed by atoms with van der Waals surface area (Å²) in [6, 6.07) is 8.99. The Hall–Kier alpha value is -2.27. The van der Waals surface area contributed by atoms with Gasteiger partial charge in [-0.3, -0.25) is 4.90 Å². The van der Waals surface area contributed by atoms with Crippen molar-refractivity contribution in [2.45, 2.75) is 90.7 Å². The highest BCUT2D eigenvalue weighted by Crippen LogP contribution is 2.38. The third-order valence-electron chi connectivity index (χ3n) is 7.31. The van der Waals surface area contributed by atoms with Crippen LogP contribution in [0.15, 0.2) is 46.7 Å². The fourth-order valence-corrected chi connectivity index (χ4v) is 5.14. The Morgan fingerprint density at radius 1 is 1.18 bits per heavy atom. The minimum atomic E-state index is -0.502. The summed E-state index contributed by atoms with van der Waals surface area (Å²) in [5, 5.41) is 7.34. The van der Waals surface area contributed by atoms with Crippen LogP contribution in [-0.2, 0) is 4.74 Å². The molecule has 33 heavy (non-hydrogen) atoms. The molecule has 5 nitrogen and oxygen atoms in total. The van der Waals surface area contributed by atoms with E-state index in [1.807, 2.05) is 25.7 Å². The molecule has 1 amide bonds. The molecule has 2 fully saturated rings. The number of allylic oxidation sites excluding steroid dienone is 1. The molecule has 2 heterocycles. The normalized spacial score (nSPS) is 23.4. The number of anilines is 1. The molecule has 1 atom stereocenters. The Balaban J connectivity index is 1.67. The maximum absolute atomic E-state index is 13.1. The van der Waals surface area contributed by atoms with Gasteiger partial charge in [0.15, 0.2) is 0 Å². The van der Waals surface area contributed by atoms with E-state index in [2.05, 4.69) is 48.7 Å². The maximum Gasteiger partial charge on any atom is 0.410 e. The maximum atomic E-state index is 13.1. The summed E-state index contributed by atoms with van der Waals surface area (Å²) in [6.07, 6.45) is 6.59. The number of hydrogen-bond donors (Lipinski definition) is 2. The first-order chi connectivity index (χ1) is 15.8. The van der Waals surface area contributed by atoms with E-state index < -0.39 is 5.60 Å². The van der Waals surface area contributed by atoms with E-state index >= 15 is 0 Å². The predicted octanol–water partition coefficient (Wildman–Crippen LogP) is 6.35. The topological polar surface area (TPSA) is 53.6 Å². The van der Waals surface area contributed by atoms with Gasteiger partial charge in [-0.1, -0.05) is 31.1 Å². The van der Waals surface area contributed by atoms with Crippen LogP contribution in [0.4, 0.5) is 10.5 Å². The number of fused-ring (bicyclic) bond motifs is 1. The van der Waals surface area contributed by atoms with Crippen LogP contribution in [0.2, 0.25) is 0 Å². The van der Waals surface area contributed by atoms with Gasteiger partial charge in [-0.25, -0.2) is 4.79 Å². The van der Waals surface area contributed by atoms with Crippen molar-refractivity contribution < 1.29 is 9.53 Å². The summed E-state index contributed by atoms with van der Waals surface area (Å²) in [5.74, 6) is 0.747. The van der Waals surface area contributed by atoms with Crippen LogP contribution in [0.1, 0.15) is 84.6 Å². The molecule has 1 saturated carbocycles. The Bertz CT molecular complexity index is 919. The van der Waals surface area contributed by atoms with E-state index in [4.69, 9.17) is 4.74 Å².